The van der Waals surface area contributed by atoms with E-state index in [2.05, 4.69) is 61.8 Å². The van der Waals surface area contributed by atoms with Crippen LogP contribution in [0.25, 0.3) is 39.1 Å². The second-order valence-corrected chi connectivity index (χ2v) is 33.0. The predicted molar refractivity (Wildman–Crippen MR) is 376 cm³/mol. The lowest BCUT2D eigenvalue weighted by Gasteiger charge is -2.22. The highest BCUT2D eigenvalue weighted by Crippen LogP contribution is 2.66. The van der Waals surface area contributed by atoms with E-state index < -0.39 is 96.9 Å². The van der Waals surface area contributed by atoms with Gasteiger partial charge in [0.15, 0.2) is 5.36 Å². The Morgan fingerprint density at radius 3 is 2.24 bits per heavy atom. The van der Waals surface area contributed by atoms with Crippen LogP contribution in [0.3, 0.4) is 0 Å². The predicted octanol–water partition coefficient (Wildman–Crippen LogP) is 3.31. The summed E-state index contributed by atoms with van der Waals surface area (Å²) in [6, 6.07) is 15.1. The van der Waals surface area contributed by atoms with Crippen LogP contribution < -0.4 is 43.9 Å². The maximum absolute atomic E-state index is 13.0. The van der Waals surface area contributed by atoms with Gasteiger partial charge < -0.3 is 84.9 Å². The Labute approximate surface area is 602 Å². The number of amides is 2. The largest absolute Gasteiger partial charge is 0.490 e. The molecule has 1 saturated heterocycles. The number of carbonyl (C=O) groups is 3. The van der Waals surface area contributed by atoms with Gasteiger partial charge in [0.25, 0.3) is 0 Å². The molecule has 1 fully saturated rings. The number of nitrogens with zero attached hydrogens (tertiary/aromatic N) is 2. The van der Waals surface area contributed by atoms with Gasteiger partial charge in [-0.2, -0.15) is 13.6 Å². The summed E-state index contributed by atoms with van der Waals surface area (Å²) in [6.45, 7) is 12.3. The Bertz CT molecular complexity index is 4230. The molecule has 6 rings (SSSR count). The van der Waals surface area contributed by atoms with Crippen LogP contribution in [0.2, 0.25) is 0 Å². The van der Waals surface area contributed by atoms with Crippen LogP contribution >= 0.6 is 45.1 Å². The van der Waals surface area contributed by atoms with Crippen LogP contribution in [0.1, 0.15) is 93.4 Å². The fourth-order valence-corrected chi connectivity index (χ4v) is 14.9. The van der Waals surface area contributed by atoms with Crippen molar-refractivity contribution in [1.82, 2.24) is 25.5 Å². The SMILES string of the molecule is C=C(NCCOCCOCCCC(=O)OCCC(C)(C)SSCOCCCCCNC(=O)NCC#Cc1cn([C@H]2CC(OCS(=S)CC)[C@@H](COP(=O)(O)OP(=O)(O)OP(=O)(O)O)O2)c(=O)nc1N)c1ccc(C(=O)O)c(-c2c3ccc(=[NH2+])cc-3oc3cc(N)ccc23)c1.O=S(=O)=O.O=S(=O)=O. The van der Waals surface area contributed by atoms with Crippen molar-refractivity contribution < 1.29 is 129 Å². The van der Waals surface area contributed by atoms with Gasteiger partial charge in [-0.15, -0.1) is 25.3 Å². The van der Waals surface area contributed by atoms with E-state index in [4.69, 9.17) is 100 Å². The number of benzene rings is 3. The first-order chi connectivity index (χ1) is 48.0. The number of carbonyl (C=O) groups excluding carboxylic acids is 2. The van der Waals surface area contributed by atoms with Crippen LogP contribution in [0.15, 0.2) is 76.6 Å². The third-order valence-corrected chi connectivity index (χ3v) is 22.4. The van der Waals surface area contributed by atoms with Crippen molar-refractivity contribution in [3.8, 4) is 34.3 Å². The minimum absolute atomic E-state index is 0.0542. The maximum atomic E-state index is 13.0. The van der Waals surface area contributed by atoms with Crippen LogP contribution in [-0.2, 0) is 102 Å². The third kappa shape index (κ3) is 33.6. The molecule has 1 aliphatic carbocycles. The number of carboxylic acids is 1. The van der Waals surface area contributed by atoms with Crippen molar-refractivity contribution in [1.29, 1.82) is 0 Å². The average Bonchev–Trinajstić information content (AvgIpc) is 0.884. The molecular weight excluding hydrogens is 1530 g/mol. The quantitative estimate of drug-likeness (QED) is 0.00392. The number of nitrogens with one attached hydrogen (secondary N) is 3. The number of aromatic nitrogens is 2. The molecule has 1 aromatic heterocycles. The first-order valence-corrected chi connectivity index (χ1v) is 41.5. The number of phosphoric ester groups is 1. The molecule has 564 valence electrons. The number of ether oxygens (including phenoxy) is 6. The molecule has 102 heavy (non-hydrogen) atoms. The van der Waals surface area contributed by atoms with Gasteiger partial charge in [0.2, 0.25) is 0 Å². The summed E-state index contributed by atoms with van der Waals surface area (Å²) in [5.74, 6) is 5.46. The second-order valence-electron chi connectivity index (χ2n) is 21.7. The van der Waals surface area contributed by atoms with Crippen molar-refractivity contribution in [2.24, 2.45) is 0 Å². The Kier molecular flexibility index (Phi) is 37.8. The van der Waals surface area contributed by atoms with Gasteiger partial charge in [-0.05, 0) is 104 Å². The number of aromatic carboxylic acids is 1. The monoisotopic (exact) mass is 1610 g/mol. The molecule has 36 nitrogen and oxygen atoms in total. The molecule has 3 aliphatic rings. The fourth-order valence-electron chi connectivity index (χ4n) is 8.89. The van der Waals surface area contributed by atoms with E-state index in [9.17, 15) is 47.8 Å². The molecule has 2 aliphatic heterocycles. The second kappa shape index (κ2) is 43.8. The number of fused-ring (bicyclic) bond motifs is 2. The van der Waals surface area contributed by atoms with Crippen molar-refractivity contribution in [2.45, 2.75) is 88.9 Å². The molecule has 2 aromatic carbocycles. The summed E-state index contributed by atoms with van der Waals surface area (Å²) in [7, 11) is -20.6. The number of nitrogen functional groups attached to an aromatic ring is 2. The van der Waals surface area contributed by atoms with Crippen LogP contribution in [0, 0.1) is 11.8 Å². The van der Waals surface area contributed by atoms with Gasteiger partial charge in [-0.25, -0.2) is 28.1 Å². The molecule has 2 amide bonds. The zero-order valence-electron chi connectivity index (χ0n) is 54.9. The minimum atomic E-state index is -5.79. The number of carboxylic acid groups (broad SMARTS) is 1. The molecule has 45 heteroatoms. The normalized spacial score (nSPS) is 15.7. The Balaban J connectivity index is 0.00000261. The Morgan fingerprint density at radius 1 is 0.853 bits per heavy atom. The highest BCUT2D eigenvalue weighted by molar-refractivity contribution is 8.77. The van der Waals surface area contributed by atoms with Crippen molar-refractivity contribution in [2.75, 3.05) is 95.0 Å². The highest BCUT2D eigenvalue weighted by atomic mass is 33.1. The van der Waals surface area contributed by atoms with Gasteiger partial charge in [0.1, 0.15) is 35.4 Å². The minimum Gasteiger partial charge on any atom is -0.478 e. The Hall–Kier alpha value is -6.36. The van der Waals surface area contributed by atoms with Gasteiger partial charge >= 0.3 is 68.3 Å². The van der Waals surface area contributed by atoms with Gasteiger partial charge in [-0.1, -0.05) is 62.5 Å². The van der Waals surface area contributed by atoms with Gasteiger partial charge in [0.05, 0.1) is 68.8 Å². The summed E-state index contributed by atoms with van der Waals surface area (Å²) in [4.78, 5) is 91.2. The highest BCUT2D eigenvalue weighted by Gasteiger charge is 2.44. The third-order valence-electron chi connectivity index (χ3n) is 13.5. The zero-order valence-corrected chi connectivity index (χ0v) is 62.5. The lowest BCUT2D eigenvalue weighted by molar-refractivity contribution is -0.172. The van der Waals surface area contributed by atoms with E-state index in [1.807, 2.05) is 19.1 Å². The van der Waals surface area contributed by atoms with Crippen molar-refractivity contribution in [3.05, 3.63) is 99.9 Å². The zero-order chi connectivity index (χ0) is 75.8. The number of anilines is 2. The average molecular weight is 1610 g/mol. The lowest BCUT2D eigenvalue weighted by Crippen LogP contribution is -2.44. The first-order valence-electron chi connectivity index (χ1n) is 30.2. The Morgan fingerprint density at radius 2 is 1.55 bits per heavy atom. The fraction of sp³-hybridized carbons (Fsp3) is 0.474. The summed E-state index contributed by atoms with van der Waals surface area (Å²) in [5, 5.41) is 26.1. The van der Waals surface area contributed by atoms with Crippen molar-refractivity contribution >= 4 is 133 Å². The molecule has 0 spiro atoms. The lowest BCUT2D eigenvalue weighted by atomic mass is 9.89. The first kappa shape index (κ1) is 88.0. The number of nitrogens with two attached hydrogens (primary N) is 3. The van der Waals surface area contributed by atoms with Gasteiger partial charge in [0, 0.05) is 90.1 Å². The number of hydrogen-bond acceptors (Lipinski definition) is 30. The van der Waals surface area contributed by atoms with E-state index in [-0.39, 0.29) is 59.6 Å². The molecule has 4 unspecified atom stereocenters. The van der Waals surface area contributed by atoms with E-state index in [0.29, 0.717) is 133 Å². The van der Waals surface area contributed by atoms with E-state index in [1.165, 1.54) is 6.20 Å². The summed E-state index contributed by atoms with van der Waals surface area (Å²) in [5.41, 5.74) is 15.5. The number of phosphoric acid groups is 3. The van der Waals surface area contributed by atoms with Gasteiger partial charge in [-0.3, -0.25) is 19.3 Å². The van der Waals surface area contributed by atoms with E-state index in [0.717, 1.165) is 17.4 Å². The molecule has 0 radical (unpaired) electrons. The molecule has 3 heterocycles. The standard InChI is InChI=1S/C57H77N8O22P3S4.2O3S/c1-5-94(91)36-82-48-32-50(85-49(48)34-83-89(74,75)87-90(76,77)86-88(71,72)73)65-33-39(53(60)64-56(65)70)11-9-21-63-55(69)62-20-7-6-8-23-80-35-92-93-57(3,4)19-25-81-51(66)12-10-24-78-27-28-79-26-22-61-37(2)38-13-16-42(54(67)68)45(29-38)52-43-17-14-40(58)30-46(43)84-47-31-41(59)15-18-44(47)52;2*1-4(2)3/h13-18,29-31,33,48-50,58,61H,2,5-8,10,12,19-28,32,34-36,59H2,1,3-4H3,(H,67,68)(H,74,75)(H,76,77)(H2,60,64,70)(H2,62,63,69)(H2,71,72,73);;/p+1/t48?,49-,50-,94?;;/m1../s1. The topological polar surface area (TPSA) is 551 Å². The number of esters is 1. The van der Waals surface area contributed by atoms with Crippen molar-refractivity contribution in [3.63, 3.8) is 0 Å². The van der Waals surface area contributed by atoms with Crippen LogP contribution in [-0.4, -0.2) is 178 Å². The molecular formula is C57H78N8O28P3S6+. The number of unbranched alkanes of at least 4 members (excludes halogenated alkanes) is 2. The molecule has 3 aromatic rings. The van der Waals surface area contributed by atoms with Crippen LogP contribution in [0.4, 0.5) is 16.3 Å². The maximum Gasteiger partial charge on any atom is 0.490 e. The van der Waals surface area contributed by atoms with E-state index in [1.54, 1.807) is 64.1 Å². The summed E-state index contributed by atoms with van der Waals surface area (Å²) >= 11 is 5.33. The summed E-state index contributed by atoms with van der Waals surface area (Å²) < 4.78 is 140. The molecule has 14 N–H and O–H groups in total. The number of hydrogen-bond donors (Lipinski definition) is 11. The number of urea groups is 1. The summed E-state index contributed by atoms with van der Waals surface area (Å²) in [6.07, 6.45) is 1.56. The molecule has 0 saturated carbocycles. The number of rotatable bonds is 40. The smallest absolute Gasteiger partial charge is 0.478 e. The van der Waals surface area contributed by atoms with Crippen LogP contribution in [0.5, 0.6) is 0 Å². The molecule has 0 bridgehead atoms. The van der Waals surface area contributed by atoms with E-state index >= 15 is 0 Å². The molecule has 6 atom stereocenters.